The largest absolute Gasteiger partial charge is 0.480 e. The lowest BCUT2D eigenvalue weighted by Gasteiger charge is -2.29. The average Bonchev–Trinajstić information content (AvgIpc) is 2.72. The fraction of sp³-hybridized carbons (Fsp3) is 0.833. The number of rotatable bonds is 7. The maximum atomic E-state index is 12.2. The predicted octanol–water partition coefficient (Wildman–Crippen LogP) is -0.396. The minimum Gasteiger partial charge on any atom is -0.480 e. The van der Waals surface area contributed by atoms with E-state index in [-0.39, 0.29) is 17.9 Å². The fourth-order valence-electron chi connectivity index (χ4n) is 2.31. The van der Waals surface area contributed by atoms with Crippen molar-refractivity contribution in [3.63, 3.8) is 0 Å². The van der Waals surface area contributed by atoms with Crippen LogP contribution in [0, 0.1) is 0 Å². The molecular formula is C12H22N2O5S. The number of carboxylic acids is 1. The molecule has 1 aliphatic heterocycles. The monoisotopic (exact) mass is 306 g/mol. The van der Waals surface area contributed by atoms with Crippen LogP contribution in [0.1, 0.15) is 32.6 Å². The smallest absolute Gasteiger partial charge is 0.323 e. The van der Waals surface area contributed by atoms with Crippen LogP contribution in [0.2, 0.25) is 0 Å². The summed E-state index contributed by atoms with van der Waals surface area (Å²) in [5, 5.41) is 8.90. The van der Waals surface area contributed by atoms with Gasteiger partial charge >= 0.3 is 5.97 Å². The number of hydrogen-bond donors (Lipinski definition) is 2. The van der Waals surface area contributed by atoms with Gasteiger partial charge in [0, 0.05) is 6.04 Å². The summed E-state index contributed by atoms with van der Waals surface area (Å²) < 4.78 is 23.0. The topological polar surface area (TPSA) is 118 Å². The second-order valence-electron chi connectivity index (χ2n) is 5.17. The van der Waals surface area contributed by atoms with Crippen molar-refractivity contribution in [3.05, 3.63) is 0 Å². The van der Waals surface area contributed by atoms with E-state index in [1.807, 2.05) is 6.92 Å². The molecule has 1 saturated heterocycles. The number of carbonyl (C=O) groups is 2. The first-order chi connectivity index (χ1) is 9.26. The van der Waals surface area contributed by atoms with Gasteiger partial charge in [0.2, 0.25) is 5.91 Å². The van der Waals surface area contributed by atoms with Crippen LogP contribution in [-0.2, 0) is 19.4 Å². The van der Waals surface area contributed by atoms with Crippen molar-refractivity contribution in [1.29, 1.82) is 0 Å². The molecule has 0 radical (unpaired) electrons. The van der Waals surface area contributed by atoms with Crippen molar-refractivity contribution in [2.75, 3.05) is 18.1 Å². The lowest BCUT2D eigenvalue weighted by molar-refractivity contribution is -0.146. The van der Waals surface area contributed by atoms with E-state index in [0.29, 0.717) is 6.42 Å². The molecule has 0 aromatic rings. The number of nitrogens with two attached hydrogens (primary N) is 1. The van der Waals surface area contributed by atoms with E-state index in [4.69, 9.17) is 10.8 Å². The molecule has 116 valence electrons. The van der Waals surface area contributed by atoms with Crippen LogP contribution in [-0.4, -0.2) is 60.4 Å². The van der Waals surface area contributed by atoms with Crippen molar-refractivity contribution >= 4 is 21.7 Å². The second kappa shape index (κ2) is 7.03. The van der Waals surface area contributed by atoms with Crippen LogP contribution < -0.4 is 5.73 Å². The average molecular weight is 306 g/mol. The van der Waals surface area contributed by atoms with Crippen LogP contribution in [0.5, 0.6) is 0 Å². The number of sulfone groups is 1. The molecule has 20 heavy (non-hydrogen) atoms. The normalized spacial score (nSPS) is 22.4. The van der Waals surface area contributed by atoms with Gasteiger partial charge in [0.1, 0.15) is 6.54 Å². The lowest BCUT2D eigenvalue weighted by atomic mass is 10.1. The van der Waals surface area contributed by atoms with Gasteiger partial charge in [-0.2, -0.15) is 0 Å². The summed E-state index contributed by atoms with van der Waals surface area (Å²) in [6.45, 7) is 1.47. The standard InChI is InChI=1S/C12H22N2O5S/c1-2-3-4-10(13)12(17)14(7-11(15)16)9-5-6-20(18,19)8-9/h9-10H,2-8,13H2,1H3,(H,15,16)/t9?,10-/m0/s1. The van der Waals surface area contributed by atoms with Gasteiger partial charge in [-0.05, 0) is 12.8 Å². The highest BCUT2D eigenvalue weighted by Crippen LogP contribution is 2.19. The van der Waals surface area contributed by atoms with E-state index >= 15 is 0 Å². The second-order valence-corrected chi connectivity index (χ2v) is 7.39. The third-order valence-corrected chi connectivity index (χ3v) is 5.17. The molecule has 7 nitrogen and oxygen atoms in total. The lowest BCUT2D eigenvalue weighted by Crippen LogP contribution is -2.51. The molecule has 1 amide bonds. The zero-order chi connectivity index (χ0) is 15.3. The van der Waals surface area contributed by atoms with Crippen molar-refractivity contribution in [2.24, 2.45) is 5.73 Å². The van der Waals surface area contributed by atoms with Crippen LogP contribution >= 0.6 is 0 Å². The van der Waals surface area contributed by atoms with Gasteiger partial charge in [0.15, 0.2) is 9.84 Å². The van der Waals surface area contributed by atoms with Gasteiger partial charge < -0.3 is 15.7 Å². The molecule has 0 aliphatic carbocycles. The summed E-state index contributed by atoms with van der Waals surface area (Å²) >= 11 is 0. The van der Waals surface area contributed by atoms with Gasteiger partial charge in [-0.15, -0.1) is 0 Å². The maximum Gasteiger partial charge on any atom is 0.323 e. The number of unbranched alkanes of at least 4 members (excludes halogenated alkanes) is 1. The Balaban J connectivity index is 2.78. The Hall–Kier alpha value is -1.15. The molecule has 3 N–H and O–H groups in total. The third-order valence-electron chi connectivity index (χ3n) is 3.42. The first kappa shape index (κ1) is 16.9. The number of aliphatic carboxylic acids is 1. The summed E-state index contributed by atoms with van der Waals surface area (Å²) in [4.78, 5) is 24.2. The molecule has 1 aliphatic rings. The Morgan fingerprint density at radius 2 is 2.10 bits per heavy atom. The Kier molecular flexibility index (Phi) is 5.94. The minimum absolute atomic E-state index is 0.00867. The van der Waals surface area contributed by atoms with E-state index in [2.05, 4.69) is 0 Å². The number of hydrogen-bond acceptors (Lipinski definition) is 5. The molecule has 0 spiro atoms. The quantitative estimate of drug-likeness (QED) is 0.661. The maximum absolute atomic E-state index is 12.2. The van der Waals surface area contributed by atoms with Crippen molar-refractivity contribution < 1.29 is 23.1 Å². The highest BCUT2D eigenvalue weighted by molar-refractivity contribution is 7.91. The van der Waals surface area contributed by atoms with Gasteiger partial charge in [0.05, 0.1) is 17.5 Å². The molecule has 0 aromatic carbocycles. The fourth-order valence-corrected chi connectivity index (χ4v) is 4.05. The Labute approximate surface area is 119 Å². The van der Waals surface area contributed by atoms with Gasteiger partial charge in [-0.3, -0.25) is 9.59 Å². The van der Waals surface area contributed by atoms with Crippen LogP contribution in [0.4, 0.5) is 0 Å². The number of nitrogens with zero attached hydrogens (tertiary/aromatic N) is 1. The van der Waals surface area contributed by atoms with Gasteiger partial charge in [-0.1, -0.05) is 19.8 Å². The van der Waals surface area contributed by atoms with Crippen LogP contribution in [0.25, 0.3) is 0 Å². The molecule has 2 atom stereocenters. The molecular weight excluding hydrogens is 284 g/mol. The third kappa shape index (κ3) is 4.75. The Bertz CT molecular complexity index is 462. The highest BCUT2D eigenvalue weighted by Gasteiger charge is 2.36. The van der Waals surface area contributed by atoms with Crippen LogP contribution in [0.3, 0.4) is 0 Å². The molecule has 1 heterocycles. The zero-order valence-electron chi connectivity index (χ0n) is 11.6. The van der Waals surface area contributed by atoms with E-state index in [1.165, 1.54) is 0 Å². The van der Waals surface area contributed by atoms with Crippen molar-refractivity contribution in [1.82, 2.24) is 4.90 Å². The summed E-state index contributed by atoms with van der Waals surface area (Å²) in [6.07, 6.45) is 2.42. The first-order valence-electron chi connectivity index (χ1n) is 6.75. The predicted molar refractivity (Wildman–Crippen MR) is 73.9 cm³/mol. The Morgan fingerprint density at radius 1 is 1.45 bits per heavy atom. The minimum atomic E-state index is -3.18. The summed E-state index contributed by atoms with van der Waals surface area (Å²) in [7, 11) is -3.18. The molecule has 8 heteroatoms. The first-order valence-corrected chi connectivity index (χ1v) is 8.57. The van der Waals surface area contributed by atoms with E-state index in [9.17, 15) is 18.0 Å². The number of amides is 1. The van der Waals surface area contributed by atoms with E-state index in [0.717, 1.165) is 17.7 Å². The van der Waals surface area contributed by atoms with Crippen LogP contribution in [0.15, 0.2) is 0 Å². The van der Waals surface area contributed by atoms with Crippen molar-refractivity contribution in [2.45, 2.75) is 44.7 Å². The van der Waals surface area contributed by atoms with Gasteiger partial charge in [-0.25, -0.2) is 8.42 Å². The molecule has 1 fully saturated rings. The molecule has 0 saturated carbocycles. The highest BCUT2D eigenvalue weighted by atomic mass is 32.2. The zero-order valence-corrected chi connectivity index (χ0v) is 12.4. The summed E-state index contributed by atoms with van der Waals surface area (Å²) in [5.41, 5.74) is 5.78. The number of carbonyl (C=O) groups excluding carboxylic acids is 1. The van der Waals surface area contributed by atoms with E-state index < -0.39 is 40.3 Å². The van der Waals surface area contributed by atoms with Crippen molar-refractivity contribution in [3.8, 4) is 0 Å². The number of carboxylic acid groups (broad SMARTS) is 1. The Morgan fingerprint density at radius 3 is 2.55 bits per heavy atom. The summed E-state index contributed by atoms with van der Waals surface area (Å²) in [6, 6.07) is -1.34. The molecule has 0 bridgehead atoms. The SMILES string of the molecule is CCCC[C@H](N)C(=O)N(CC(=O)O)C1CCS(=O)(=O)C1. The molecule has 1 rings (SSSR count). The summed E-state index contributed by atoms with van der Waals surface area (Å²) in [5.74, 6) is -1.81. The molecule has 1 unspecified atom stereocenters. The van der Waals surface area contributed by atoms with Gasteiger partial charge in [0.25, 0.3) is 0 Å². The van der Waals surface area contributed by atoms with E-state index in [1.54, 1.807) is 0 Å². The molecule has 0 aromatic heterocycles.